The second-order valence-electron chi connectivity index (χ2n) is 5.28. The van der Waals surface area contributed by atoms with Gasteiger partial charge >= 0.3 is 0 Å². The molecule has 0 radical (unpaired) electrons. The van der Waals surface area contributed by atoms with Crippen LogP contribution in [0.1, 0.15) is 0 Å². The molecule has 0 heterocycles. The Morgan fingerprint density at radius 2 is 1.69 bits per heavy atom. The summed E-state index contributed by atoms with van der Waals surface area (Å²) < 4.78 is 56.9. The minimum absolute atomic E-state index is 0.0254. The Labute approximate surface area is 162 Å². The molecule has 2 rings (SSSR count). The van der Waals surface area contributed by atoms with Crippen molar-refractivity contribution in [3.8, 4) is 5.75 Å². The van der Waals surface area contributed by atoms with Crippen LogP contribution in [0.15, 0.2) is 41.3 Å². The third-order valence-corrected chi connectivity index (χ3v) is 7.09. The highest BCUT2D eigenvalue weighted by atomic mass is 35.5. The molecular weight excluding hydrogens is 423 g/mol. The molecule has 2 aromatic carbocycles. The second-order valence-corrected chi connectivity index (χ2v) is 9.70. The molecular formula is C15H16Cl2N2O5S2. The first kappa shape index (κ1) is 20.6. The van der Waals surface area contributed by atoms with Crippen molar-refractivity contribution in [2.24, 2.45) is 0 Å². The first-order valence-electron chi connectivity index (χ1n) is 7.06. The van der Waals surface area contributed by atoms with Gasteiger partial charge in [-0.15, -0.1) is 0 Å². The third-order valence-electron chi connectivity index (χ3n) is 3.48. The van der Waals surface area contributed by atoms with Gasteiger partial charge in [0.05, 0.1) is 29.8 Å². The number of ether oxygens (including phenoxy) is 1. The van der Waals surface area contributed by atoms with Crippen LogP contribution in [-0.4, -0.2) is 37.2 Å². The van der Waals surface area contributed by atoms with Crippen molar-refractivity contribution in [3.63, 3.8) is 0 Å². The van der Waals surface area contributed by atoms with E-state index >= 15 is 0 Å². The van der Waals surface area contributed by atoms with Gasteiger partial charge in [0.25, 0.3) is 10.0 Å². The van der Waals surface area contributed by atoms with Crippen molar-refractivity contribution in [1.29, 1.82) is 0 Å². The average Bonchev–Trinajstić information content (AvgIpc) is 2.55. The molecule has 0 saturated carbocycles. The Morgan fingerprint density at radius 1 is 1.04 bits per heavy atom. The largest absolute Gasteiger partial charge is 0.495 e. The summed E-state index contributed by atoms with van der Waals surface area (Å²) in [6, 6.07) is 8.58. The Hall–Kier alpha value is -1.68. The zero-order chi connectivity index (χ0) is 19.7. The third kappa shape index (κ3) is 4.35. The summed E-state index contributed by atoms with van der Waals surface area (Å²) >= 11 is 12.1. The van der Waals surface area contributed by atoms with Crippen molar-refractivity contribution in [1.82, 2.24) is 0 Å². The van der Waals surface area contributed by atoms with Gasteiger partial charge in [-0.25, -0.2) is 16.8 Å². The van der Waals surface area contributed by atoms with Gasteiger partial charge in [-0.3, -0.25) is 9.03 Å². The molecule has 7 nitrogen and oxygen atoms in total. The van der Waals surface area contributed by atoms with Gasteiger partial charge < -0.3 is 4.74 Å². The van der Waals surface area contributed by atoms with E-state index in [-0.39, 0.29) is 26.4 Å². The first-order chi connectivity index (χ1) is 12.0. The zero-order valence-corrected chi connectivity index (χ0v) is 17.2. The molecule has 0 aliphatic rings. The fourth-order valence-corrected chi connectivity index (χ4v) is 4.43. The van der Waals surface area contributed by atoms with E-state index in [4.69, 9.17) is 27.9 Å². The summed E-state index contributed by atoms with van der Waals surface area (Å²) in [6.07, 6.45) is 1.04. The molecule has 26 heavy (non-hydrogen) atoms. The SMILES string of the molecule is COc1ccc(S(=O)(=O)Nc2cccc(N(C)S(C)(=O)=O)c2)c(Cl)c1Cl. The minimum Gasteiger partial charge on any atom is -0.495 e. The predicted octanol–water partition coefficient (Wildman–Crippen LogP) is 3.20. The maximum Gasteiger partial charge on any atom is 0.263 e. The maximum atomic E-state index is 12.6. The van der Waals surface area contributed by atoms with E-state index in [2.05, 4.69) is 4.72 Å². The molecule has 0 fully saturated rings. The van der Waals surface area contributed by atoms with Gasteiger partial charge in [0.1, 0.15) is 15.7 Å². The molecule has 0 saturated heterocycles. The number of halogens is 2. The quantitative estimate of drug-likeness (QED) is 0.746. The number of hydrogen-bond acceptors (Lipinski definition) is 5. The summed E-state index contributed by atoms with van der Waals surface area (Å²) in [5.41, 5.74) is 0.465. The van der Waals surface area contributed by atoms with Crippen molar-refractivity contribution >= 4 is 54.6 Å². The van der Waals surface area contributed by atoms with Crippen LogP contribution in [0, 0.1) is 0 Å². The average molecular weight is 439 g/mol. The normalized spacial score (nSPS) is 11.9. The lowest BCUT2D eigenvalue weighted by atomic mass is 10.3. The number of sulfonamides is 2. The van der Waals surface area contributed by atoms with E-state index in [9.17, 15) is 16.8 Å². The van der Waals surface area contributed by atoms with Crippen LogP contribution in [0.4, 0.5) is 11.4 Å². The molecule has 0 bridgehead atoms. The monoisotopic (exact) mass is 438 g/mol. The molecule has 0 aliphatic carbocycles. The molecule has 0 aromatic heterocycles. The van der Waals surface area contributed by atoms with Gasteiger partial charge in [-0.05, 0) is 30.3 Å². The van der Waals surface area contributed by atoms with Crippen molar-refractivity contribution < 1.29 is 21.6 Å². The predicted molar refractivity (Wildman–Crippen MR) is 104 cm³/mol. The number of anilines is 2. The highest BCUT2D eigenvalue weighted by Gasteiger charge is 2.22. The summed E-state index contributed by atoms with van der Waals surface area (Å²) in [6.45, 7) is 0. The van der Waals surface area contributed by atoms with Crippen LogP contribution in [0.3, 0.4) is 0 Å². The number of benzene rings is 2. The summed E-state index contributed by atoms with van der Waals surface area (Å²) in [4.78, 5) is -0.230. The van der Waals surface area contributed by atoms with Crippen molar-refractivity contribution in [2.45, 2.75) is 4.90 Å². The number of methoxy groups -OCH3 is 1. The van der Waals surface area contributed by atoms with Crippen LogP contribution in [-0.2, 0) is 20.0 Å². The lowest BCUT2D eigenvalue weighted by molar-refractivity contribution is 0.414. The van der Waals surface area contributed by atoms with E-state index in [1.165, 1.54) is 50.6 Å². The highest BCUT2D eigenvalue weighted by Crippen LogP contribution is 2.37. The van der Waals surface area contributed by atoms with Crippen molar-refractivity contribution in [2.75, 3.05) is 29.4 Å². The smallest absolute Gasteiger partial charge is 0.263 e. The number of rotatable bonds is 6. The Morgan fingerprint density at radius 3 is 2.27 bits per heavy atom. The number of nitrogens with zero attached hydrogens (tertiary/aromatic N) is 1. The van der Waals surface area contributed by atoms with Gasteiger partial charge in [0, 0.05) is 7.05 Å². The molecule has 0 unspecified atom stereocenters. The first-order valence-corrected chi connectivity index (χ1v) is 11.1. The molecule has 0 aliphatic heterocycles. The number of hydrogen-bond donors (Lipinski definition) is 1. The Bertz CT molecular complexity index is 1040. The standard InChI is InChI=1S/C15H16Cl2N2O5S2/c1-19(25(3,20)21)11-6-4-5-10(9-11)18-26(22,23)13-8-7-12(24-2)14(16)15(13)17/h4-9,18H,1-3H3. The Balaban J connectivity index is 2.41. The van der Waals surface area contributed by atoms with E-state index in [1.54, 1.807) is 0 Å². The summed E-state index contributed by atoms with van der Waals surface area (Å²) in [5.74, 6) is 0.243. The fourth-order valence-electron chi connectivity index (χ4n) is 2.05. The van der Waals surface area contributed by atoms with Crippen molar-refractivity contribution in [3.05, 3.63) is 46.4 Å². The number of nitrogens with one attached hydrogen (secondary N) is 1. The van der Waals surface area contributed by atoms with E-state index in [0.717, 1.165) is 10.6 Å². The zero-order valence-electron chi connectivity index (χ0n) is 14.0. The lowest BCUT2D eigenvalue weighted by Crippen LogP contribution is -2.25. The van der Waals surface area contributed by atoms with Gasteiger partial charge in [-0.2, -0.15) is 0 Å². The lowest BCUT2D eigenvalue weighted by Gasteiger charge is -2.18. The van der Waals surface area contributed by atoms with Crippen LogP contribution in [0.5, 0.6) is 5.75 Å². The van der Waals surface area contributed by atoms with E-state index in [0.29, 0.717) is 5.69 Å². The molecule has 0 atom stereocenters. The molecule has 1 N–H and O–H groups in total. The minimum atomic E-state index is -4.06. The van der Waals surface area contributed by atoms with Gasteiger partial charge in [0.15, 0.2) is 0 Å². The summed E-state index contributed by atoms with van der Waals surface area (Å²) in [5, 5.41) is -0.203. The van der Waals surface area contributed by atoms with Crippen LogP contribution in [0.25, 0.3) is 0 Å². The Kier molecular flexibility index (Phi) is 5.96. The summed E-state index contributed by atoms with van der Waals surface area (Å²) in [7, 11) is -4.80. The topological polar surface area (TPSA) is 92.8 Å². The van der Waals surface area contributed by atoms with Crippen LogP contribution >= 0.6 is 23.2 Å². The maximum absolute atomic E-state index is 12.6. The molecule has 11 heteroatoms. The molecule has 142 valence electrons. The van der Waals surface area contributed by atoms with Gasteiger partial charge in [0.2, 0.25) is 10.0 Å². The van der Waals surface area contributed by atoms with E-state index < -0.39 is 20.0 Å². The molecule has 0 spiro atoms. The van der Waals surface area contributed by atoms with Gasteiger partial charge in [-0.1, -0.05) is 29.3 Å². The molecule has 2 aromatic rings. The molecule has 0 amide bonds. The van der Waals surface area contributed by atoms with Crippen LogP contribution < -0.4 is 13.8 Å². The fraction of sp³-hybridized carbons (Fsp3) is 0.200. The second kappa shape index (κ2) is 7.51. The highest BCUT2D eigenvalue weighted by molar-refractivity contribution is 7.93. The van der Waals surface area contributed by atoms with Crippen LogP contribution in [0.2, 0.25) is 10.0 Å². The van der Waals surface area contributed by atoms with E-state index in [1.807, 2.05) is 0 Å².